The first kappa shape index (κ1) is 13.9. The van der Waals surface area contributed by atoms with Crippen LogP contribution in [0.3, 0.4) is 0 Å². The number of benzene rings is 1. The number of thioether (sulfide) groups is 1. The van der Waals surface area contributed by atoms with Crippen molar-refractivity contribution in [2.75, 3.05) is 19.3 Å². The van der Waals surface area contributed by atoms with Crippen molar-refractivity contribution in [3.05, 3.63) is 30.1 Å². The largest absolute Gasteiger partial charge is 0.481 e. The highest BCUT2D eigenvalue weighted by Gasteiger charge is 2.28. The summed E-state index contributed by atoms with van der Waals surface area (Å²) < 4.78 is 18.5. The highest BCUT2D eigenvalue weighted by molar-refractivity contribution is 8.13. The maximum Gasteiger partial charge on any atom is 0.269 e. The van der Waals surface area contributed by atoms with Crippen molar-refractivity contribution in [1.29, 1.82) is 0 Å². The molecule has 1 aromatic carbocycles. The highest BCUT2D eigenvalue weighted by atomic mass is 32.2. The highest BCUT2D eigenvalue weighted by Crippen LogP contribution is 2.17. The van der Waals surface area contributed by atoms with Crippen LogP contribution in [0, 0.1) is 5.82 Å². The standard InChI is InChI=1S/C13H15FN2O2S/c1-9(18-11-5-3-4-10(14)8-11)12(17)16-7-6-15-13(16)19-2/h3-5,8-9H,6-7H2,1-2H3/t9-/m0/s1. The Morgan fingerprint density at radius 3 is 3.05 bits per heavy atom. The molecule has 0 N–H and O–H groups in total. The fourth-order valence-corrected chi connectivity index (χ4v) is 2.44. The van der Waals surface area contributed by atoms with Crippen molar-refractivity contribution in [3.8, 4) is 5.75 Å². The maximum absolute atomic E-state index is 13.0. The molecule has 6 heteroatoms. The molecule has 0 bridgehead atoms. The van der Waals surface area contributed by atoms with Crippen LogP contribution in [0.25, 0.3) is 0 Å². The number of nitrogens with zero attached hydrogens (tertiary/aromatic N) is 2. The number of aliphatic imine (C=N–C) groups is 1. The molecule has 2 rings (SSSR count). The third kappa shape index (κ3) is 3.26. The van der Waals surface area contributed by atoms with Gasteiger partial charge in [-0.05, 0) is 25.3 Å². The second kappa shape index (κ2) is 6.06. The zero-order valence-corrected chi connectivity index (χ0v) is 11.6. The number of rotatable bonds is 3. The predicted octanol–water partition coefficient (Wildman–Crippen LogP) is 2.15. The zero-order valence-electron chi connectivity index (χ0n) is 10.8. The average molecular weight is 282 g/mol. The monoisotopic (exact) mass is 282 g/mol. The molecular weight excluding hydrogens is 267 g/mol. The molecule has 1 amide bonds. The Bertz CT molecular complexity index is 507. The Morgan fingerprint density at radius 1 is 1.58 bits per heavy atom. The van der Waals surface area contributed by atoms with Crippen molar-refractivity contribution >= 4 is 22.8 Å². The van der Waals surface area contributed by atoms with E-state index < -0.39 is 6.10 Å². The van der Waals surface area contributed by atoms with Crippen LogP contribution in [0.4, 0.5) is 4.39 Å². The molecule has 1 aliphatic heterocycles. The number of amides is 1. The summed E-state index contributed by atoms with van der Waals surface area (Å²) in [7, 11) is 0. The van der Waals surface area contributed by atoms with Crippen LogP contribution >= 0.6 is 11.8 Å². The van der Waals surface area contributed by atoms with E-state index in [1.165, 1.54) is 23.9 Å². The van der Waals surface area contributed by atoms with Gasteiger partial charge in [-0.2, -0.15) is 0 Å². The Morgan fingerprint density at radius 2 is 2.37 bits per heavy atom. The summed E-state index contributed by atoms with van der Waals surface area (Å²) in [5.74, 6) is -0.192. The van der Waals surface area contributed by atoms with Gasteiger partial charge in [0.25, 0.3) is 5.91 Å². The fraction of sp³-hybridized carbons (Fsp3) is 0.385. The van der Waals surface area contributed by atoms with E-state index in [1.807, 2.05) is 6.26 Å². The first-order valence-corrected chi connectivity index (χ1v) is 7.16. The predicted molar refractivity (Wildman–Crippen MR) is 74.0 cm³/mol. The molecule has 4 nitrogen and oxygen atoms in total. The molecule has 0 spiro atoms. The Labute approximate surface area is 115 Å². The first-order valence-electron chi connectivity index (χ1n) is 5.94. The molecule has 1 heterocycles. The molecule has 1 atom stereocenters. The summed E-state index contributed by atoms with van der Waals surface area (Å²) >= 11 is 1.43. The van der Waals surface area contributed by atoms with Gasteiger partial charge in [-0.3, -0.25) is 14.7 Å². The van der Waals surface area contributed by atoms with E-state index in [4.69, 9.17) is 4.74 Å². The number of halogens is 1. The van der Waals surface area contributed by atoms with Crippen LogP contribution in [-0.4, -0.2) is 41.4 Å². The van der Waals surface area contributed by atoms with Crippen LogP contribution in [-0.2, 0) is 4.79 Å². The average Bonchev–Trinajstić information content (AvgIpc) is 2.86. The normalized spacial score (nSPS) is 16.2. The summed E-state index contributed by atoms with van der Waals surface area (Å²) in [5.41, 5.74) is 0. The minimum atomic E-state index is -0.669. The van der Waals surface area contributed by atoms with Gasteiger partial charge in [0.2, 0.25) is 0 Å². The molecule has 102 valence electrons. The minimum absolute atomic E-state index is 0.158. The molecule has 0 fully saturated rings. The Hall–Kier alpha value is -1.56. The van der Waals surface area contributed by atoms with Crippen LogP contribution in [0.15, 0.2) is 29.3 Å². The van der Waals surface area contributed by atoms with E-state index in [0.717, 1.165) is 0 Å². The van der Waals surface area contributed by atoms with Crippen molar-refractivity contribution in [3.63, 3.8) is 0 Å². The molecule has 0 unspecified atom stereocenters. The number of hydrogen-bond acceptors (Lipinski definition) is 4. The third-order valence-electron chi connectivity index (χ3n) is 2.71. The van der Waals surface area contributed by atoms with E-state index in [0.29, 0.717) is 24.0 Å². The van der Waals surface area contributed by atoms with E-state index in [-0.39, 0.29) is 11.7 Å². The lowest BCUT2D eigenvalue weighted by atomic mass is 10.3. The molecular formula is C13H15FN2O2S. The van der Waals surface area contributed by atoms with Gasteiger partial charge >= 0.3 is 0 Å². The first-order chi connectivity index (χ1) is 9.11. The molecule has 0 saturated carbocycles. The summed E-state index contributed by atoms with van der Waals surface area (Å²) in [6.07, 6.45) is 1.21. The summed E-state index contributed by atoms with van der Waals surface area (Å²) in [4.78, 5) is 18.1. The second-order valence-corrected chi connectivity index (χ2v) is 4.85. The van der Waals surface area contributed by atoms with Gasteiger partial charge in [-0.1, -0.05) is 17.8 Å². The van der Waals surface area contributed by atoms with Crippen LogP contribution in [0.1, 0.15) is 6.92 Å². The fourth-order valence-electron chi connectivity index (χ4n) is 1.82. The van der Waals surface area contributed by atoms with Crippen LogP contribution < -0.4 is 4.74 Å². The van der Waals surface area contributed by atoms with Crippen molar-refractivity contribution in [2.45, 2.75) is 13.0 Å². The van der Waals surface area contributed by atoms with Crippen molar-refractivity contribution in [1.82, 2.24) is 4.90 Å². The van der Waals surface area contributed by atoms with E-state index in [1.54, 1.807) is 24.0 Å². The Kier molecular flexibility index (Phi) is 4.42. The lowest BCUT2D eigenvalue weighted by Crippen LogP contribution is -2.41. The number of carbonyl (C=O) groups is 1. The minimum Gasteiger partial charge on any atom is -0.481 e. The summed E-state index contributed by atoms with van der Waals surface area (Å²) in [6.45, 7) is 2.85. The smallest absolute Gasteiger partial charge is 0.269 e. The van der Waals surface area contributed by atoms with E-state index in [2.05, 4.69) is 4.99 Å². The molecule has 19 heavy (non-hydrogen) atoms. The van der Waals surface area contributed by atoms with Gasteiger partial charge in [0.1, 0.15) is 11.6 Å². The Balaban J connectivity index is 2.02. The van der Waals surface area contributed by atoms with Gasteiger partial charge in [-0.25, -0.2) is 4.39 Å². The number of ether oxygens (including phenoxy) is 1. The van der Waals surface area contributed by atoms with Gasteiger partial charge in [0.15, 0.2) is 11.3 Å². The van der Waals surface area contributed by atoms with Crippen LogP contribution in [0.5, 0.6) is 5.75 Å². The van der Waals surface area contributed by atoms with Crippen molar-refractivity contribution in [2.24, 2.45) is 4.99 Å². The topological polar surface area (TPSA) is 41.9 Å². The SMILES string of the molecule is CSC1=NCCN1C(=O)[C@H](C)Oc1cccc(F)c1. The van der Waals surface area contributed by atoms with Crippen LogP contribution in [0.2, 0.25) is 0 Å². The molecule has 1 aromatic rings. The van der Waals surface area contributed by atoms with Gasteiger partial charge in [0, 0.05) is 12.6 Å². The second-order valence-electron chi connectivity index (χ2n) is 4.08. The number of amidine groups is 1. The zero-order chi connectivity index (χ0) is 13.8. The summed E-state index contributed by atoms with van der Waals surface area (Å²) in [5, 5.41) is 0.708. The molecule has 1 aliphatic rings. The quantitative estimate of drug-likeness (QED) is 0.853. The van der Waals surface area contributed by atoms with E-state index in [9.17, 15) is 9.18 Å². The maximum atomic E-state index is 13.0. The molecule has 0 saturated heterocycles. The van der Waals surface area contributed by atoms with Gasteiger partial charge in [0.05, 0.1) is 6.54 Å². The van der Waals surface area contributed by atoms with Gasteiger partial charge < -0.3 is 4.74 Å². The third-order valence-corrected chi connectivity index (χ3v) is 3.42. The summed E-state index contributed by atoms with van der Waals surface area (Å²) in [6, 6.07) is 5.77. The number of hydrogen-bond donors (Lipinski definition) is 0. The van der Waals surface area contributed by atoms with E-state index >= 15 is 0 Å². The number of carbonyl (C=O) groups excluding carboxylic acids is 1. The molecule has 0 aromatic heterocycles. The molecule has 0 aliphatic carbocycles. The lowest BCUT2D eigenvalue weighted by molar-refractivity contribution is -0.133. The lowest BCUT2D eigenvalue weighted by Gasteiger charge is -2.21. The van der Waals surface area contributed by atoms with Gasteiger partial charge in [-0.15, -0.1) is 0 Å². The van der Waals surface area contributed by atoms with Crippen molar-refractivity contribution < 1.29 is 13.9 Å². The molecule has 0 radical (unpaired) electrons.